The molecule has 0 bridgehead atoms. The standard InChI is InChI=1S/C10H16O/c1-6-5-7(2)10(11)9(4)8(6)3/h5-6,8-9H,1-4H3/t6-,8-,9?/m0/s1. The largest absolute Gasteiger partial charge is 0.294 e. The average molecular weight is 152 g/mol. The van der Waals surface area contributed by atoms with Gasteiger partial charge in [0.25, 0.3) is 0 Å². The van der Waals surface area contributed by atoms with Gasteiger partial charge in [-0.2, -0.15) is 0 Å². The van der Waals surface area contributed by atoms with Crippen LogP contribution in [0.1, 0.15) is 27.7 Å². The van der Waals surface area contributed by atoms with Crippen LogP contribution in [-0.2, 0) is 4.79 Å². The fourth-order valence-corrected chi connectivity index (χ4v) is 1.68. The predicted octanol–water partition coefficient (Wildman–Crippen LogP) is 2.42. The van der Waals surface area contributed by atoms with Crippen LogP contribution in [0.15, 0.2) is 11.6 Å². The van der Waals surface area contributed by atoms with E-state index in [9.17, 15) is 4.79 Å². The molecule has 0 radical (unpaired) electrons. The number of hydrogen-bond donors (Lipinski definition) is 0. The molecule has 62 valence electrons. The molecule has 0 aliphatic heterocycles. The first kappa shape index (κ1) is 8.51. The summed E-state index contributed by atoms with van der Waals surface area (Å²) in [5.74, 6) is 1.61. The van der Waals surface area contributed by atoms with Gasteiger partial charge < -0.3 is 0 Å². The number of hydrogen-bond acceptors (Lipinski definition) is 1. The molecule has 1 aliphatic carbocycles. The Morgan fingerprint density at radius 2 is 1.82 bits per heavy atom. The van der Waals surface area contributed by atoms with Crippen LogP contribution in [0.25, 0.3) is 0 Å². The van der Waals surface area contributed by atoms with Gasteiger partial charge in [0.1, 0.15) is 0 Å². The molecule has 0 heterocycles. The maximum Gasteiger partial charge on any atom is 0.161 e. The summed E-state index contributed by atoms with van der Waals surface area (Å²) in [6, 6.07) is 0. The Balaban J connectivity index is 2.92. The zero-order valence-electron chi connectivity index (χ0n) is 7.72. The highest BCUT2D eigenvalue weighted by Crippen LogP contribution is 2.30. The van der Waals surface area contributed by atoms with Crippen molar-refractivity contribution in [2.75, 3.05) is 0 Å². The molecule has 0 aromatic carbocycles. The lowest BCUT2D eigenvalue weighted by molar-refractivity contribution is -0.121. The van der Waals surface area contributed by atoms with E-state index in [1.165, 1.54) is 0 Å². The van der Waals surface area contributed by atoms with Crippen molar-refractivity contribution in [3.63, 3.8) is 0 Å². The van der Waals surface area contributed by atoms with Gasteiger partial charge in [-0.1, -0.05) is 26.8 Å². The molecule has 1 nitrogen and oxygen atoms in total. The SMILES string of the molecule is CC1=C[C@H](C)[C@H](C)C(C)C1=O. The van der Waals surface area contributed by atoms with Gasteiger partial charge in [0, 0.05) is 5.92 Å². The number of carbonyl (C=O) groups excluding carboxylic acids is 1. The van der Waals surface area contributed by atoms with Crippen molar-refractivity contribution >= 4 is 5.78 Å². The monoisotopic (exact) mass is 152 g/mol. The number of rotatable bonds is 0. The maximum atomic E-state index is 11.4. The van der Waals surface area contributed by atoms with Gasteiger partial charge in [0.15, 0.2) is 5.78 Å². The molecule has 11 heavy (non-hydrogen) atoms. The molecule has 0 amide bonds. The normalized spacial score (nSPS) is 38.7. The van der Waals surface area contributed by atoms with Crippen LogP contribution < -0.4 is 0 Å². The predicted molar refractivity (Wildman–Crippen MR) is 46.3 cm³/mol. The highest BCUT2D eigenvalue weighted by Gasteiger charge is 2.29. The van der Waals surface area contributed by atoms with Crippen LogP contribution >= 0.6 is 0 Å². The number of ketones is 1. The summed E-state index contributed by atoms with van der Waals surface area (Å²) in [6.45, 7) is 8.27. The zero-order chi connectivity index (χ0) is 8.59. The van der Waals surface area contributed by atoms with Gasteiger partial charge in [-0.25, -0.2) is 0 Å². The molecular weight excluding hydrogens is 136 g/mol. The first-order valence-electron chi connectivity index (χ1n) is 4.26. The minimum Gasteiger partial charge on any atom is -0.294 e. The fourth-order valence-electron chi connectivity index (χ4n) is 1.68. The minimum absolute atomic E-state index is 0.218. The second-order valence-corrected chi connectivity index (χ2v) is 3.72. The number of allylic oxidation sites excluding steroid dienone is 2. The minimum atomic E-state index is 0.218. The van der Waals surface area contributed by atoms with Gasteiger partial charge in [-0.3, -0.25) is 4.79 Å². The molecule has 0 spiro atoms. The lowest BCUT2D eigenvalue weighted by atomic mass is 9.75. The summed E-state index contributed by atoms with van der Waals surface area (Å²) in [4.78, 5) is 11.4. The molecule has 1 unspecified atom stereocenters. The lowest BCUT2D eigenvalue weighted by Gasteiger charge is -2.28. The van der Waals surface area contributed by atoms with E-state index in [1.807, 2.05) is 13.8 Å². The summed E-state index contributed by atoms with van der Waals surface area (Å²) >= 11 is 0. The molecule has 3 atom stereocenters. The smallest absolute Gasteiger partial charge is 0.161 e. The molecule has 1 rings (SSSR count). The van der Waals surface area contributed by atoms with Crippen LogP contribution in [0, 0.1) is 17.8 Å². The molecular formula is C10H16O. The van der Waals surface area contributed by atoms with E-state index in [-0.39, 0.29) is 5.92 Å². The highest BCUT2D eigenvalue weighted by atomic mass is 16.1. The molecule has 0 saturated carbocycles. The molecule has 0 aromatic heterocycles. The van der Waals surface area contributed by atoms with Crippen LogP contribution in [0.5, 0.6) is 0 Å². The highest BCUT2D eigenvalue weighted by molar-refractivity contribution is 5.97. The van der Waals surface area contributed by atoms with Gasteiger partial charge >= 0.3 is 0 Å². The average Bonchev–Trinajstić information content (AvgIpc) is 1.97. The Morgan fingerprint density at radius 3 is 2.36 bits per heavy atom. The summed E-state index contributed by atoms with van der Waals surface area (Å²) in [6.07, 6.45) is 2.09. The van der Waals surface area contributed by atoms with Crippen LogP contribution in [0.3, 0.4) is 0 Å². The maximum absolute atomic E-state index is 11.4. The molecule has 1 aliphatic rings. The van der Waals surface area contributed by atoms with Crippen molar-refractivity contribution in [3.05, 3.63) is 11.6 Å². The second-order valence-electron chi connectivity index (χ2n) is 3.72. The van der Waals surface area contributed by atoms with Crippen molar-refractivity contribution in [3.8, 4) is 0 Å². The third-order valence-electron chi connectivity index (χ3n) is 2.93. The second kappa shape index (κ2) is 2.80. The summed E-state index contributed by atoms with van der Waals surface area (Å²) in [5.41, 5.74) is 0.947. The summed E-state index contributed by atoms with van der Waals surface area (Å²) < 4.78 is 0. The third-order valence-corrected chi connectivity index (χ3v) is 2.93. The molecule has 0 fully saturated rings. The van der Waals surface area contributed by atoms with E-state index in [1.54, 1.807) is 0 Å². The summed E-state index contributed by atoms with van der Waals surface area (Å²) in [7, 11) is 0. The van der Waals surface area contributed by atoms with E-state index < -0.39 is 0 Å². The van der Waals surface area contributed by atoms with Crippen LogP contribution in [0.4, 0.5) is 0 Å². The van der Waals surface area contributed by atoms with E-state index in [2.05, 4.69) is 19.9 Å². The molecule has 0 saturated heterocycles. The molecule has 0 N–H and O–H groups in total. The lowest BCUT2D eigenvalue weighted by Crippen LogP contribution is -2.28. The zero-order valence-corrected chi connectivity index (χ0v) is 7.72. The molecule has 0 aromatic rings. The Labute approximate surface area is 68.5 Å². The van der Waals surface area contributed by atoms with Gasteiger partial charge in [0.05, 0.1) is 0 Å². The Morgan fingerprint density at radius 1 is 1.27 bits per heavy atom. The fraction of sp³-hybridized carbons (Fsp3) is 0.700. The van der Waals surface area contributed by atoms with Crippen molar-refractivity contribution in [2.45, 2.75) is 27.7 Å². The third kappa shape index (κ3) is 1.37. The van der Waals surface area contributed by atoms with Gasteiger partial charge in [-0.15, -0.1) is 0 Å². The summed E-state index contributed by atoms with van der Waals surface area (Å²) in [5, 5.41) is 0. The van der Waals surface area contributed by atoms with Crippen LogP contribution in [0.2, 0.25) is 0 Å². The van der Waals surface area contributed by atoms with E-state index >= 15 is 0 Å². The molecule has 1 heteroatoms. The Hall–Kier alpha value is -0.590. The van der Waals surface area contributed by atoms with E-state index in [0.717, 1.165) is 5.57 Å². The van der Waals surface area contributed by atoms with Gasteiger partial charge in [-0.05, 0) is 24.3 Å². The van der Waals surface area contributed by atoms with Crippen LogP contribution in [-0.4, -0.2) is 5.78 Å². The van der Waals surface area contributed by atoms with Crippen molar-refractivity contribution in [1.82, 2.24) is 0 Å². The van der Waals surface area contributed by atoms with Crippen molar-refractivity contribution in [1.29, 1.82) is 0 Å². The Bertz CT molecular complexity index is 203. The quantitative estimate of drug-likeness (QED) is 0.521. The van der Waals surface area contributed by atoms with E-state index in [4.69, 9.17) is 0 Å². The first-order valence-corrected chi connectivity index (χ1v) is 4.26. The van der Waals surface area contributed by atoms with Crippen molar-refractivity contribution < 1.29 is 4.79 Å². The van der Waals surface area contributed by atoms with Gasteiger partial charge in [0.2, 0.25) is 0 Å². The Kier molecular flexibility index (Phi) is 2.17. The van der Waals surface area contributed by atoms with Crippen molar-refractivity contribution in [2.24, 2.45) is 17.8 Å². The number of Topliss-reactive ketones (excluding diaryl/α,β-unsaturated/α-hetero) is 1. The van der Waals surface area contributed by atoms with E-state index in [0.29, 0.717) is 17.6 Å². The number of carbonyl (C=O) groups is 1. The topological polar surface area (TPSA) is 17.1 Å². The first-order chi connectivity index (χ1) is 5.04.